The lowest BCUT2D eigenvalue weighted by atomic mass is 9.90. The fourth-order valence-electron chi connectivity index (χ4n) is 9.67. The van der Waals surface area contributed by atoms with Gasteiger partial charge >= 0.3 is 6.09 Å². The summed E-state index contributed by atoms with van der Waals surface area (Å²) in [5.41, 5.74) is 6.34. The molecule has 2 bridgehead atoms. The van der Waals surface area contributed by atoms with E-state index in [2.05, 4.69) is 87.3 Å². The number of amides is 2. The maximum Gasteiger partial charge on any atom is 0.407 e. The summed E-state index contributed by atoms with van der Waals surface area (Å²) in [6.45, 7) is 1.77. The molecule has 4 fully saturated rings. The number of rotatable bonds is 7. The third-order valence-electron chi connectivity index (χ3n) is 12.5. The Labute approximate surface area is 313 Å². The molecule has 0 spiro atoms. The van der Waals surface area contributed by atoms with E-state index in [0.717, 1.165) is 68.7 Å². The average molecular weight is 724 g/mol. The number of imidazole rings is 2. The molecule has 2 aromatic heterocycles. The van der Waals surface area contributed by atoms with Gasteiger partial charge in [-0.25, -0.2) is 14.8 Å². The van der Waals surface area contributed by atoms with Gasteiger partial charge in [0.2, 0.25) is 5.91 Å². The average Bonchev–Trinajstić information content (AvgIpc) is 4.07. The number of aromatic nitrogens is 4. The van der Waals surface area contributed by atoms with E-state index in [1.807, 2.05) is 11.1 Å². The summed E-state index contributed by atoms with van der Waals surface area (Å²) in [5.74, 6) is 2.44. The Kier molecular flexibility index (Phi) is 8.36. The molecule has 11 nitrogen and oxygen atoms in total. The van der Waals surface area contributed by atoms with Crippen LogP contribution in [0.15, 0.2) is 72.9 Å². The number of hydrogen-bond donors (Lipinski definition) is 4. The second kappa shape index (κ2) is 13.5. The zero-order chi connectivity index (χ0) is 36.3. The van der Waals surface area contributed by atoms with Crippen molar-refractivity contribution >= 4 is 44.6 Å². The van der Waals surface area contributed by atoms with E-state index in [-0.39, 0.29) is 17.9 Å². The van der Waals surface area contributed by atoms with Crippen LogP contribution in [-0.2, 0) is 14.3 Å². The zero-order valence-corrected chi connectivity index (χ0v) is 30.4. The number of nitrogens with one attached hydrogen (secondary N) is 4. The SMILES string of the molecule is COC(=O)N[C@H](C(=O)N1CCC[C@H]1c1nc2c(ccc3cc(-c4ccc5cc(-c6cnc([C@H]7N[C@@H]8CC[C@H]7C8)[nH]6)ccc5c4)ccc32)[nH]1)C1CCOCC1. The van der Waals surface area contributed by atoms with Crippen molar-refractivity contribution in [3.8, 4) is 22.4 Å². The van der Waals surface area contributed by atoms with Crippen LogP contribution in [0, 0.1) is 11.8 Å². The molecule has 4 aromatic carbocycles. The topological polar surface area (TPSA) is 137 Å². The summed E-state index contributed by atoms with van der Waals surface area (Å²) in [5, 5.41) is 11.1. The number of carbonyl (C=O) groups excluding carboxylic acids is 2. The standard InChI is InChI=1S/C43H45N7O4/c1-53-43(52)49-38(24-14-17-54-18-15-24)42(51)50-16-2-3-36(50)40-46-34-13-10-29-20-28(9-12-33(29)39(34)48-40)25-4-5-27-21-30(7-6-26(27)19-25)35-23-44-41(47-35)37-31-8-11-32(22-31)45-37/h4-7,9-10,12-13,19-21,23-24,31-32,36-38,45H,2-3,8,11,14-18,22H2,1H3,(H,44,47)(H,46,48)(H,49,52)/t31-,32+,36-,37-,38-/m0/s1. The van der Waals surface area contributed by atoms with Crippen molar-refractivity contribution in [1.82, 2.24) is 35.5 Å². The minimum atomic E-state index is -0.665. The van der Waals surface area contributed by atoms with Gasteiger partial charge in [0.15, 0.2) is 0 Å². The highest BCUT2D eigenvalue weighted by Crippen LogP contribution is 2.43. The van der Waals surface area contributed by atoms with E-state index in [0.29, 0.717) is 50.6 Å². The molecule has 3 saturated heterocycles. The van der Waals surface area contributed by atoms with Crippen molar-refractivity contribution in [2.45, 2.75) is 69.1 Å². The highest BCUT2D eigenvalue weighted by molar-refractivity contribution is 6.05. The number of methoxy groups -OCH3 is 1. The van der Waals surface area contributed by atoms with E-state index in [1.165, 1.54) is 37.1 Å². The maximum absolute atomic E-state index is 14.1. The van der Waals surface area contributed by atoms with Gasteiger partial charge in [-0.15, -0.1) is 0 Å². The molecule has 0 unspecified atom stereocenters. The predicted molar refractivity (Wildman–Crippen MR) is 208 cm³/mol. The van der Waals surface area contributed by atoms with Gasteiger partial charge < -0.3 is 35.0 Å². The molecule has 0 radical (unpaired) electrons. The normalized spacial score (nSPS) is 23.5. The number of benzene rings is 4. The van der Waals surface area contributed by atoms with Gasteiger partial charge in [-0.1, -0.05) is 42.5 Å². The van der Waals surface area contributed by atoms with Crippen molar-refractivity contribution in [2.75, 3.05) is 26.9 Å². The Balaban J connectivity index is 0.894. The molecule has 10 rings (SSSR count). The van der Waals surface area contributed by atoms with Crippen molar-refractivity contribution in [3.05, 3.63) is 84.6 Å². The fraction of sp³-hybridized carbons (Fsp3) is 0.395. The van der Waals surface area contributed by atoms with Crippen molar-refractivity contribution in [1.29, 1.82) is 0 Å². The number of piperidine rings is 1. The monoisotopic (exact) mass is 723 g/mol. The van der Waals surface area contributed by atoms with Crippen LogP contribution < -0.4 is 10.6 Å². The molecule has 276 valence electrons. The first-order valence-electron chi connectivity index (χ1n) is 19.5. The minimum Gasteiger partial charge on any atom is -0.453 e. The lowest BCUT2D eigenvalue weighted by Crippen LogP contribution is -2.53. The van der Waals surface area contributed by atoms with Gasteiger partial charge in [-0.3, -0.25) is 4.79 Å². The molecule has 54 heavy (non-hydrogen) atoms. The first kappa shape index (κ1) is 33.3. The Morgan fingerprint density at radius 2 is 1.63 bits per heavy atom. The molecule has 2 amide bonds. The van der Waals surface area contributed by atoms with Crippen LogP contribution in [0.5, 0.6) is 0 Å². The third kappa shape index (κ3) is 5.90. The van der Waals surface area contributed by atoms with Gasteiger partial charge in [-0.05, 0) is 108 Å². The fourth-order valence-corrected chi connectivity index (χ4v) is 9.67. The summed E-state index contributed by atoms with van der Waals surface area (Å²) in [4.78, 5) is 45.3. The highest BCUT2D eigenvalue weighted by Gasteiger charge is 2.42. The van der Waals surface area contributed by atoms with Crippen molar-refractivity contribution in [3.63, 3.8) is 0 Å². The highest BCUT2D eigenvalue weighted by atomic mass is 16.5. The van der Waals surface area contributed by atoms with Crippen LogP contribution in [0.2, 0.25) is 0 Å². The Morgan fingerprint density at radius 1 is 0.870 bits per heavy atom. The van der Waals surface area contributed by atoms with Crippen LogP contribution in [0.3, 0.4) is 0 Å². The second-order valence-corrected chi connectivity index (χ2v) is 15.6. The van der Waals surface area contributed by atoms with E-state index in [4.69, 9.17) is 19.4 Å². The lowest BCUT2D eigenvalue weighted by Gasteiger charge is -2.34. The molecule has 5 heterocycles. The number of ether oxygens (including phenoxy) is 2. The quantitative estimate of drug-likeness (QED) is 0.134. The van der Waals surface area contributed by atoms with Crippen LogP contribution in [0.1, 0.15) is 68.7 Å². The number of alkyl carbamates (subject to hydrolysis) is 1. The number of fused-ring (bicyclic) bond motifs is 6. The molecular formula is C43H45N7O4. The lowest BCUT2D eigenvalue weighted by molar-refractivity contribution is -0.136. The molecule has 3 aliphatic heterocycles. The number of aromatic amines is 2. The van der Waals surface area contributed by atoms with Crippen molar-refractivity contribution < 1.29 is 19.1 Å². The van der Waals surface area contributed by atoms with Crippen molar-refractivity contribution in [2.24, 2.45) is 11.8 Å². The molecule has 4 aliphatic rings. The molecule has 11 heteroatoms. The Morgan fingerprint density at radius 3 is 2.41 bits per heavy atom. The van der Waals surface area contributed by atoms with E-state index < -0.39 is 12.1 Å². The van der Waals surface area contributed by atoms with E-state index >= 15 is 0 Å². The number of carbonyl (C=O) groups is 2. The van der Waals surface area contributed by atoms with Gasteiger partial charge in [0.05, 0.1) is 42.1 Å². The summed E-state index contributed by atoms with van der Waals surface area (Å²) in [7, 11) is 1.33. The number of H-pyrrole nitrogens is 2. The summed E-state index contributed by atoms with van der Waals surface area (Å²) in [6, 6.07) is 24.2. The Hall–Kier alpha value is -5.26. The second-order valence-electron chi connectivity index (χ2n) is 15.6. The van der Waals surface area contributed by atoms with Crippen LogP contribution >= 0.6 is 0 Å². The van der Waals surface area contributed by atoms with Gasteiger partial charge in [0.1, 0.15) is 17.7 Å². The van der Waals surface area contributed by atoms with Crippen LogP contribution in [-0.4, -0.2) is 75.8 Å². The van der Waals surface area contributed by atoms with E-state index in [1.54, 1.807) is 0 Å². The van der Waals surface area contributed by atoms with Gasteiger partial charge in [0.25, 0.3) is 0 Å². The molecule has 4 N–H and O–H groups in total. The first-order valence-corrected chi connectivity index (χ1v) is 19.5. The molecular weight excluding hydrogens is 679 g/mol. The van der Waals surface area contributed by atoms with Gasteiger partial charge in [-0.2, -0.15) is 0 Å². The summed E-state index contributed by atoms with van der Waals surface area (Å²) >= 11 is 0. The summed E-state index contributed by atoms with van der Waals surface area (Å²) < 4.78 is 10.4. The molecule has 1 saturated carbocycles. The number of hydrogen-bond acceptors (Lipinski definition) is 7. The Bertz CT molecular complexity index is 2400. The predicted octanol–water partition coefficient (Wildman–Crippen LogP) is 7.55. The molecule has 5 atom stereocenters. The number of nitrogens with zero attached hydrogens (tertiary/aromatic N) is 3. The van der Waals surface area contributed by atoms with Gasteiger partial charge in [0, 0.05) is 36.8 Å². The zero-order valence-electron chi connectivity index (χ0n) is 30.4. The third-order valence-corrected chi connectivity index (χ3v) is 12.5. The van der Waals surface area contributed by atoms with E-state index in [9.17, 15) is 9.59 Å². The maximum atomic E-state index is 14.1. The molecule has 6 aromatic rings. The van der Waals surface area contributed by atoms with Crippen LogP contribution in [0.25, 0.3) is 55.0 Å². The largest absolute Gasteiger partial charge is 0.453 e. The number of likely N-dealkylation sites (tertiary alicyclic amines) is 1. The first-order chi connectivity index (χ1) is 26.5. The molecule has 1 aliphatic carbocycles. The summed E-state index contributed by atoms with van der Waals surface area (Å²) in [6.07, 6.45) is 8.33. The minimum absolute atomic E-state index is 0.00927. The smallest absolute Gasteiger partial charge is 0.407 e. The van der Waals surface area contributed by atoms with Crippen LogP contribution in [0.4, 0.5) is 4.79 Å².